The molecule has 21 heavy (non-hydrogen) atoms. The van der Waals surface area contributed by atoms with Gasteiger partial charge in [0.15, 0.2) is 0 Å². The van der Waals surface area contributed by atoms with E-state index in [9.17, 15) is 4.79 Å². The first-order valence-electron chi connectivity index (χ1n) is 7.06. The van der Waals surface area contributed by atoms with Gasteiger partial charge in [0, 0.05) is 21.6 Å². The average molecular weight is 353 g/mol. The van der Waals surface area contributed by atoms with Crippen LogP contribution in [0.25, 0.3) is 10.9 Å². The molecule has 0 aliphatic rings. The van der Waals surface area contributed by atoms with Gasteiger partial charge in [-0.25, -0.2) is 4.79 Å². The maximum Gasteiger partial charge on any atom is 0.408 e. The summed E-state index contributed by atoms with van der Waals surface area (Å²) in [5, 5.41) is 4.04. The van der Waals surface area contributed by atoms with Crippen LogP contribution in [0.3, 0.4) is 0 Å². The van der Waals surface area contributed by atoms with E-state index in [-0.39, 0.29) is 6.04 Å². The minimum Gasteiger partial charge on any atom is -0.444 e. The highest BCUT2D eigenvalue weighted by molar-refractivity contribution is 9.10. The number of rotatable bonds is 3. The highest BCUT2D eigenvalue weighted by Crippen LogP contribution is 2.28. The number of hydrogen-bond acceptors (Lipinski definition) is 2. The van der Waals surface area contributed by atoms with Crippen LogP contribution >= 0.6 is 15.9 Å². The Morgan fingerprint density at radius 2 is 2.14 bits per heavy atom. The van der Waals surface area contributed by atoms with Crippen LogP contribution in [0.1, 0.15) is 45.7 Å². The van der Waals surface area contributed by atoms with Crippen LogP contribution in [0.2, 0.25) is 0 Å². The van der Waals surface area contributed by atoms with Crippen molar-refractivity contribution in [2.24, 2.45) is 0 Å². The summed E-state index contributed by atoms with van der Waals surface area (Å²) in [6.07, 6.45) is 2.35. The van der Waals surface area contributed by atoms with Crippen LogP contribution < -0.4 is 5.32 Å². The average Bonchev–Trinajstić information content (AvgIpc) is 2.76. The first kappa shape index (κ1) is 15.9. The highest BCUT2D eigenvalue weighted by Gasteiger charge is 2.21. The summed E-state index contributed by atoms with van der Waals surface area (Å²) in [5.41, 5.74) is 1.63. The summed E-state index contributed by atoms with van der Waals surface area (Å²) < 4.78 is 6.35. The van der Waals surface area contributed by atoms with Gasteiger partial charge in [-0.05, 0) is 51.0 Å². The summed E-state index contributed by atoms with van der Waals surface area (Å²) in [7, 11) is 0. The molecule has 1 aromatic heterocycles. The smallest absolute Gasteiger partial charge is 0.408 e. The molecule has 0 aliphatic heterocycles. The number of carbonyl (C=O) groups is 1. The Kier molecular flexibility index (Phi) is 4.61. The van der Waals surface area contributed by atoms with Crippen molar-refractivity contribution >= 4 is 32.9 Å². The van der Waals surface area contributed by atoms with E-state index in [2.05, 4.69) is 32.3 Å². The molecule has 0 bridgehead atoms. The Morgan fingerprint density at radius 1 is 1.43 bits per heavy atom. The molecule has 0 saturated heterocycles. The Hall–Kier alpha value is -1.49. The lowest BCUT2D eigenvalue weighted by atomic mass is 10.0. The second kappa shape index (κ2) is 6.10. The highest BCUT2D eigenvalue weighted by atomic mass is 79.9. The zero-order chi connectivity index (χ0) is 15.6. The number of hydrogen-bond donors (Lipinski definition) is 2. The van der Waals surface area contributed by atoms with Crippen LogP contribution in [-0.4, -0.2) is 16.7 Å². The predicted molar refractivity (Wildman–Crippen MR) is 88.4 cm³/mol. The van der Waals surface area contributed by atoms with E-state index in [0.29, 0.717) is 0 Å². The fourth-order valence-electron chi connectivity index (χ4n) is 2.25. The molecule has 0 unspecified atom stereocenters. The first-order valence-corrected chi connectivity index (χ1v) is 7.85. The minimum absolute atomic E-state index is 0.0806. The van der Waals surface area contributed by atoms with Gasteiger partial charge in [0.2, 0.25) is 0 Å². The monoisotopic (exact) mass is 352 g/mol. The summed E-state index contributed by atoms with van der Waals surface area (Å²) in [6, 6.07) is 5.98. The lowest BCUT2D eigenvalue weighted by Crippen LogP contribution is -2.34. The van der Waals surface area contributed by atoms with Crippen molar-refractivity contribution in [1.29, 1.82) is 0 Å². The van der Waals surface area contributed by atoms with Gasteiger partial charge in [-0.15, -0.1) is 0 Å². The molecular formula is C16H21BrN2O2. The second-order valence-electron chi connectivity index (χ2n) is 6.04. The van der Waals surface area contributed by atoms with E-state index in [4.69, 9.17) is 4.74 Å². The summed E-state index contributed by atoms with van der Waals surface area (Å²) in [5.74, 6) is 0. The van der Waals surface area contributed by atoms with E-state index >= 15 is 0 Å². The van der Waals surface area contributed by atoms with Crippen molar-refractivity contribution in [3.63, 3.8) is 0 Å². The Morgan fingerprint density at radius 3 is 2.76 bits per heavy atom. The number of benzene rings is 1. The third-order valence-electron chi connectivity index (χ3n) is 3.15. The number of ether oxygens (including phenoxy) is 1. The number of alkyl carbamates (subject to hydrolysis) is 1. The van der Waals surface area contributed by atoms with Crippen LogP contribution in [-0.2, 0) is 4.74 Å². The largest absolute Gasteiger partial charge is 0.444 e. The number of carbonyl (C=O) groups excluding carboxylic acids is 1. The van der Waals surface area contributed by atoms with Crippen molar-refractivity contribution in [3.8, 4) is 0 Å². The standard InChI is InChI=1S/C16H21BrN2O2/c1-5-13(19-15(20)21-16(2,3)4)12-9-18-14-7-6-10(17)8-11(12)14/h6-9,13,18H,5H2,1-4H3,(H,19,20)/t13-/m1/s1. The van der Waals surface area contributed by atoms with Crippen LogP contribution in [0.4, 0.5) is 4.79 Å². The number of nitrogens with one attached hydrogen (secondary N) is 2. The van der Waals surface area contributed by atoms with Crippen LogP contribution in [0.5, 0.6) is 0 Å². The molecule has 2 aromatic rings. The molecule has 4 nitrogen and oxygen atoms in total. The van der Waals surface area contributed by atoms with Crippen molar-refractivity contribution in [3.05, 3.63) is 34.4 Å². The van der Waals surface area contributed by atoms with Gasteiger partial charge in [-0.3, -0.25) is 0 Å². The van der Waals surface area contributed by atoms with Crippen LogP contribution in [0.15, 0.2) is 28.9 Å². The minimum atomic E-state index is -0.494. The van der Waals surface area contributed by atoms with Crippen molar-refractivity contribution in [2.45, 2.75) is 45.8 Å². The summed E-state index contributed by atoms with van der Waals surface area (Å²) >= 11 is 3.49. The molecule has 114 valence electrons. The van der Waals surface area contributed by atoms with E-state index in [1.54, 1.807) is 0 Å². The molecule has 1 heterocycles. The molecule has 0 spiro atoms. The number of aromatic amines is 1. The van der Waals surface area contributed by atoms with Gasteiger partial charge < -0.3 is 15.0 Å². The molecule has 0 radical (unpaired) electrons. The molecule has 1 atom stereocenters. The van der Waals surface area contributed by atoms with Crippen molar-refractivity contribution in [1.82, 2.24) is 10.3 Å². The van der Waals surface area contributed by atoms with Gasteiger partial charge in [-0.1, -0.05) is 22.9 Å². The molecule has 5 heteroatoms. The maximum absolute atomic E-state index is 12.0. The Labute approximate surface area is 133 Å². The van der Waals surface area contributed by atoms with E-state index < -0.39 is 11.7 Å². The molecule has 1 aromatic carbocycles. The lowest BCUT2D eigenvalue weighted by molar-refractivity contribution is 0.0502. The quantitative estimate of drug-likeness (QED) is 0.824. The zero-order valence-corrected chi connectivity index (χ0v) is 14.4. The summed E-state index contributed by atoms with van der Waals surface area (Å²) in [4.78, 5) is 15.2. The van der Waals surface area contributed by atoms with Gasteiger partial charge in [0.1, 0.15) is 5.60 Å². The fraction of sp³-hybridized carbons (Fsp3) is 0.438. The predicted octanol–water partition coefficient (Wildman–Crippen LogP) is 4.91. The number of fused-ring (bicyclic) bond motifs is 1. The second-order valence-corrected chi connectivity index (χ2v) is 6.96. The van der Waals surface area contributed by atoms with Gasteiger partial charge in [0.25, 0.3) is 0 Å². The van der Waals surface area contributed by atoms with Crippen molar-refractivity contribution in [2.75, 3.05) is 0 Å². The third-order valence-corrected chi connectivity index (χ3v) is 3.64. The normalized spacial score (nSPS) is 13.2. The Bertz CT molecular complexity index is 643. The number of halogens is 1. The zero-order valence-electron chi connectivity index (χ0n) is 12.8. The SMILES string of the molecule is CC[C@@H](NC(=O)OC(C)(C)C)c1c[nH]c2ccc(Br)cc12. The molecule has 1 amide bonds. The maximum atomic E-state index is 12.0. The first-order chi connectivity index (χ1) is 9.80. The Balaban J connectivity index is 2.23. The third kappa shape index (κ3) is 4.00. The summed E-state index contributed by atoms with van der Waals surface area (Å²) in [6.45, 7) is 7.61. The fourth-order valence-corrected chi connectivity index (χ4v) is 2.61. The van der Waals surface area contributed by atoms with E-state index in [1.807, 2.05) is 46.0 Å². The number of amides is 1. The lowest BCUT2D eigenvalue weighted by Gasteiger charge is -2.23. The van der Waals surface area contributed by atoms with E-state index in [1.165, 1.54) is 0 Å². The molecule has 0 saturated carbocycles. The van der Waals surface area contributed by atoms with Crippen LogP contribution in [0, 0.1) is 0 Å². The molecule has 2 N–H and O–H groups in total. The topological polar surface area (TPSA) is 54.1 Å². The molecular weight excluding hydrogens is 332 g/mol. The molecule has 0 fully saturated rings. The number of H-pyrrole nitrogens is 1. The van der Waals surface area contributed by atoms with Gasteiger partial charge in [-0.2, -0.15) is 0 Å². The number of aromatic nitrogens is 1. The molecule has 0 aliphatic carbocycles. The van der Waals surface area contributed by atoms with Crippen molar-refractivity contribution < 1.29 is 9.53 Å². The molecule has 2 rings (SSSR count). The van der Waals surface area contributed by atoms with E-state index in [0.717, 1.165) is 27.4 Å². The van der Waals surface area contributed by atoms with Gasteiger partial charge in [0.05, 0.1) is 6.04 Å². The van der Waals surface area contributed by atoms with Gasteiger partial charge >= 0.3 is 6.09 Å².